The van der Waals surface area contributed by atoms with Crippen LogP contribution in [0.4, 0.5) is 5.82 Å². The summed E-state index contributed by atoms with van der Waals surface area (Å²) in [5.74, 6) is 0.766. The van der Waals surface area contributed by atoms with Crippen LogP contribution in [0.5, 0.6) is 0 Å². The first kappa shape index (κ1) is 11.7. The molecule has 0 amide bonds. The molecule has 16 heavy (non-hydrogen) atoms. The summed E-state index contributed by atoms with van der Waals surface area (Å²) in [6.07, 6.45) is 0. The Hall–Kier alpha value is -0.770. The molecule has 0 aliphatic rings. The highest BCUT2D eigenvalue weighted by atomic mass is 35.5. The number of hydrogen-bond acceptors (Lipinski definition) is 3. The Morgan fingerprint density at radius 2 is 2.19 bits per heavy atom. The molecule has 1 N–H and O–H groups in total. The smallest absolute Gasteiger partial charge is 0.131 e. The van der Waals surface area contributed by atoms with Gasteiger partial charge in [-0.15, -0.1) is 11.3 Å². The van der Waals surface area contributed by atoms with E-state index in [0.29, 0.717) is 5.15 Å². The topological polar surface area (TPSA) is 24.9 Å². The van der Waals surface area contributed by atoms with E-state index in [0.717, 1.165) is 15.7 Å². The van der Waals surface area contributed by atoms with E-state index in [9.17, 15) is 0 Å². The van der Waals surface area contributed by atoms with Gasteiger partial charge in [-0.1, -0.05) is 29.3 Å². The largest absolute Gasteiger partial charge is 0.363 e. The van der Waals surface area contributed by atoms with Crippen LogP contribution in [-0.4, -0.2) is 4.98 Å². The van der Waals surface area contributed by atoms with Gasteiger partial charge in [-0.05, 0) is 36.1 Å². The van der Waals surface area contributed by atoms with Crippen molar-refractivity contribution >= 4 is 40.4 Å². The monoisotopic (exact) mass is 272 g/mol. The van der Waals surface area contributed by atoms with Crippen LogP contribution >= 0.6 is 34.5 Å². The summed E-state index contributed by atoms with van der Waals surface area (Å²) in [6.45, 7) is 2.06. The highest BCUT2D eigenvalue weighted by Crippen LogP contribution is 2.26. The molecule has 5 heteroatoms. The molecule has 0 saturated carbocycles. The Bertz CT molecular complexity index is 484. The number of rotatable bonds is 3. The minimum absolute atomic E-state index is 0.162. The molecule has 0 spiro atoms. The van der Waals surface area contributed by atoms with Crippen molar-refractivity contribution in [1.82, 2.24) is 4.98 Å². The van der Waals surface area contributed by atoms with Gasteiger partial charge in [0.1, 0.15) is 11.0 Å². The molecular weight excluding hydrogens is 263 g/mol. The first-order valence-electron chi connectivity index (χ1n) is 4.78. The lowest BCUT2D eigenvalue weighted by molar-refractivity contribution is 0.880. The molecule has 1 atom stereocenters. The van der Waals surface area contributed by atoms with Gasteiger partial charge in [0.05, 0.1) is 10.4 Å². The van der Waals surface area contributed by atoms with E-state index in [1.165, 1.54) is 11.3 Å². The lowest BCUT2D eigenvalue weighted by atomic mass is 10.2. The maximum atomic E-state index is 5.89. The summed E-state index contributed by atoms with van der Waals surface area (Å²) in [4.78, 5) is 4.17. The second-order valence-corrected chi connectivity index (χ2v) is 5.33. The van der Waals surface area contributed by atoms with Crippen molar-refractivity contribution in [2.75, 3.05) is 5.32 Å². The summed E-state index contributed by atoms with van der Waals surface area (Å²) in [5.41, 5.74) is 1.15. The summed E-state index contributed by atoms with van der Waals surface area (Å²) in [7, 11) is 0. The molecule has 0 bridgehead atoms. The minimum Gasteiger partial charge on any atom is -0.363 e. The van der Waals surface area contributed by atoms with Gasteiger partial charge >= 0.3 is 0 Å². The lowest BCUT2D eigenvalue weighted by Crippen LogP contribution is -2.06. The van der Waals surface area contributed by atoms with E-state index in [2.05, 4.69) is 17.2 Å². The maximum absolute atomic E-state index is 5.89. The Balaban J connectivity index is 2.10. The van der Waals surface area contributed by atoms with Gasteiger partial charge < -0.3 is 5.32 Å². The molecule has 2 aromatic heterocycles. The molecule has 2 rings (SSSR count). The molecular formula is C11H10Cl2N2S. The van der Waals surface area contributed by atoms with Crippen LogP contribution in [0, 0.1) is 0 Å². The number of nitrogens with zero attached hydrogens (tertiary/aromatic N) is 1. The zero-order valence-electron chi connectivity index (χ0n) is 8.58. The molecule has 2 aromatic rings. The Morgan fingerprint density at radius 1 is 1.38 bits per heavy atom. The third kappa shape index (κ3) is 2.88. The third-order valence-electron chi connectivity index (χ3n) is 2.17. The average molecular weight is 273 g/mol. The minimum atomic E-state index is 0.162. The van der Waals surface area contributed by atoms with Crippen LogP contribution in [0.25, 0.3) is 0 Å². The van der Waals surface area contributed by atoms with E-state index in [4.69, 9.17) is 23.2 Å². The van der Waals surface area contributed by atoms with E-state index in [1.807, 2.05) is 23.6 Å². The summed E-state index contributed by atoms with van der Waals surface area (Å²) in [6, 6.07) is 7.61. The van der Waals surface area contributed by atoms with E-state index in [-0.39, 0.29) is 6.04 Å². The van der Waals surface area contributed by atoms with E-state index in [1.54, 1.807) is 6.07 Å². The van der Waals surface area contributed by atoms with E-state index >= 15 is 0 Å². The van der Waals surface area contributed by atoms with Crippen molar-refractivity contribution in [2.24, 2.45) is 0 Å². The third-order valence-corrected chi connectivity index (χ3v) is 3.49. The number of nitrogens with one attached hydrogen (secondary N) is 1. The van der Waals surface area contributed by atoms with Crippen molar-refractivity contribution in [1.29, 1.82) is 0 Å². The highest BCUT2D eigenvalue weighted by molar-refractivity contribution is 7.14. The van der Waals surface area contributed by atoms with Crippen molar-refractivity contribution in [2.45, 2.75) is 13.0 Å². The lowest BCUT2D eigenvalue weighted by Gasteiger charge is -2.12. The van der Waals surface area contributed by atoms with Gasteiger partial charge in [-0.25, -0.2) is 4.98 Å². The van der Waals surface area contributed by atoms with Crippen LogP contribution in [0.1, 0.15) is 18.5 Å². The number of aromatic nitrogens is 1. The molecule has 0 aliphatic heterocycles. The molecule has 0 saturated heterocycles. The van der Waals surface area contributed by atoms with Gasteiger partial charge in [0, 0.05) is 0 Å². The van der Waals surface area contributed by atoms with Gasteiger partial charge in [0.2, 0.25) is 0 Å². The number of pyridine rings is 1. The first-order valence-corrected chi connectivity index (χ1v) is 6.42. The predicted molar refractivity (Wildman–Crippen MR) is 70.6 cm³/mol. The number of halogens is 2. The standard InChI is InChI=1S/C11H10Cl2N2S/c1-7(8-5-10(13)16-6-8)14-11-4-2-3-9(12)15-11/h2-7H,1H3,(H,14,15). The van der Waals surface area contributed by atoms with Crippen molar-refractivity contribution < 1.29 is 0 Å². The van der Waals surface area contributed by atoms with Crippen LogP contribution in [0.3, 0.4) is 0 Å². The molecule has 1 unspecified atom stereocenters. The Kier molecular flexibility index (Phi) is 3.69. The maximum Gasteiger partial charge on any atom is 0.131 e. The first-order chi connectivity index (χ1) is 7.65. The number of thiophene rings is 1. The van der Waals surface area contributed by atoms with Crippen LogP contribution in [0.2, 0.25) is 9.49 Å². The van der Waals surface area contributed by atoms with Gasteiger partial charge in [-0.2, -0.15) is 0 Å². The van der Waals surface area contributed by atoms with Crippen molar-refractivity contribution in [3.8, 4) is 0 Å². The average Bonchev–Trinajstić information content (AvgIpc) is 2.65. The SMILES string of the molecule is CC(Nc1cccc(Cl)n1)c1csc(Cl)c1. The molecule has 0 aliphatic carbocycles. The van der Waals surface area contributed by atoms with Crippen LogP contribution in [-0.2, 0) is 0 Å². The summed E-state index contributed by atoms with van der Waals surface area (Å²) in [5, 5.41) is 5.78. The summed E-state index contributed by atoms with van der Waals surface area (Å²) < 4.78 is 0.794. The number of hydrogen-bond donors (Lipinski definition) is 1. The summed E-state index contributed by atoms with van der Waals surface area (Å²) >= 11 is 13.2. The molecule has 2 heterocycles. The molecule has 0 radical (unpaired) electrons. The predicted octanol–water partition coefficient (Wildman–Crippen LogP) is 4.62. The van der Waals surface area contributed by atoms with Gasteiger partial charge in [-0.3, -0.25) is 0 Å². The molecule has 0 aromatic carbocycles. The van der Waals surface area contributed by atoms with E-state index < -0.39 is 0 Å². The van der Waals surface area contributed by atoms with Crippen molar-refractivity contribution in [3.05, 3.63) is 44.7 Å². The molecule has 84 valence electrons. The number of anilines is 1. The zero-order valence-corrected chi connectivity index (χ0v) is 10.9. The van der Waals surface area contributed by atoms with Crippen molar-refractivity contribution in [3.63, 3.8) is 0 Å². The zero-order chi connectivity index (χ0) is 11.5. The Labute approximate surface area is 108 Å². The molecule has 2 nitrogen and oxygen atoms in total. The fraction of sp³-hybridized carbons (Fsp3) is 0.182. The second-order valence-electron chi connectivity index (χ2n) is 3.40. The quantitative estimate of drug-likeness (QED) is 0.825. The van der Waals surface area contributed by atoms with Crippen LogP contribution in [0.15, 0.2) is 29.6 Å². The van der Waals surface area contributed by atoms with Crippen LogP contribution < -0.4 is 5.32 Å². The Morgan fingerprint density at radius 3 is 2.81 bits per heavy atom. The van der Waals surface area contributed by atoms with Gasteiger partial charge in [0.15, 0.2) is 0 Å². The highest BCUT2D eigenvalue weighted by Gasteiger charge is 2.08. The van der Waals surface area contributed by atoms with Gasteiger partial charge in [0.25, 0.3) is 0 Å². The fourth-order valence-corrected chi connectivity index (χ4v) is 2.49. The fourth-order valence-electron chi connectivity index (χ4n) is 1.34. The second kappa shape index (κ2) is 5.04. The normalized spacial score (nSPS) is 12.4. The molecule has 0 fully saturated rings.